The second-order valence-corrected chi connectivity index (χ2v) is 7.40. The van der Waals surface area contributed by atoms with Crippen LogP contribution in [0, 0.1) is 22.7 Å². The molecule has 0 saturated heterocycles. The Hall–Kier alpha value is -3.93. The van der Waals surface area contributed by atoms with Crippen molar-refractivity contribution in [3.8, 4) is 12.1 Å². The maximum atomic E-state index is 12.6. The van der Waals surface area contributed by atoms with Crippen LogP contribution in [-0.4, -0.2) is 17.4 Å². The fraction of sp³-hybridized carbons (Fsp3) is 0.160. The summed E-state index contributed by atoms with van der Waals surface area (Å²) in [4.78, 5) is 15.0. The largest absolute Gasteiger partial charge is 0.322 e. The number of nitrogens with zero attached hydrogens (tertiary/aromatic N) is 3. The minimum atomic E-state index is -0.172. The molecule has 3 aromatic carbocycles. The zero-order chi connectivity index (χ0) is 20.9. The predicted octanol–water partition coefficient (Wildman–Crippen LogP) is 4.24. The van der Waals surface area contributed by atoms with Crippen molar-refractivity contribution in [1.82, 2.24) is 4.90 Å². The zero-order valence-corrected chi connectivity index (χ0v) is 16.4. The highest BCUT2D eigenvalue weighted by Gasteiger charge is 2.17. The van der Waals surface area contributed by atoms with Crippen molar-refractivity contribution in [2.24, 2.45) is 0 Å². The number of nitrogens with one attached hydrogen (secondary N) is 1. The first kappa shape index (κ1) is 19.4. The van der Waals surface area contributed by atoms with Crippen LogP contribution in [0.1, 0.15) is 38.2 Å². The van der Waals surface area contributed by atoms with Crippen molar-refractivity contribution in [3.05, 3.63) is 100 Å². The molecular weight excluding hydrogens is 372 g/mol. The van der Waals surface area contributed by atoms with Crippen molar-refractivity contribution >= 4 is 11.6 Å². The molecule has 0 spiro atoms. The Morgan fingerprint density at radius 1 is 0.933 bits per heavy atom. The molecule has 5 heteroatoms. The number of rotatable bonds is 4. The highest BCUT2D eigenvalue weighted by Crippen LogP contribution is 2.22. The highest BCUT2D eigenvalue weighted by atomic mass is 16.1. The van der Waals surface area contributed by atoms with E-state index in [-0.39, 0.29) is 5.91 Å². The summed E-state index contributed by atoms with van der Waals surface area (Å²) in [5, 5.41) is 20.8. The minimum Gasteiger partial charge on any atom is -0.322 e. The maximum Gasteiger partial charge on any atom is 0.255 e. The van der Waals surface area contributed by atoms with Gasteiger partial charge in [0.2, 0.25) is 0 Å². The number of carbonyl (C=O) groups is 1. The van der Waals surface area contributed by atoms with E-state index in [4.69, 9.17) is 10.5 Å². The Labute approximate surface area is 175 Å². The first-order valence-corrected chi connectivity index (χ1v) is 9.79. The molecule has 1 amide bonds. The van der Waals surface area contributed by atoms with E-state index in [2.05, 4.69) is 22.4 Å². The third kappa shape index (κ3) is 4.38. The molecule has 30 heavy (non-hydrogen) atoms. The highest BCUT2D eigenvalue weighted by molar-refractivity contribution is 6.04. The molecule has 1 N–H and O–H groups in total. The van der Waals surface area contributed by atoms with Crippen molar-refractivity contribution in [2.45, 2.75) is 19.5 Å². The van der Waals surface area contributed by atoms with Crippen LogP contribution >= 0.6 is 0 Å². The van der Waals surface area contributed by atoms with Gasteiger partial charge in [-0.1, -0.05) is 18.2 Å². The van der Waals surface area contributed by atoms with E-state index >= 15 is 0 Å². The van der Waals surface area contributed by atoms with Gasteiger partial charge >= 0.3 is 0 Å². The molecule has 4 rings (SSSR count). The van der Waals surface area contributed by atoms with Gasteiger partial charge in [-0.25, -0.2) is 0 Å². The van der Waals surface area contributed by atoms with Gasteiger partial charge < -0.3 is 5.32 Å². The van der Waals surface area contributed by atoms with Crippen LogP contribution in [0.5, 0.6) is 0 Å². The van der Waals surface area contributed by atoms with E-state index in [0.717, 1.165) is 31.6 Å². The normalized spacial score (nSPS) is 13.0. The van der Waals surface area contributed by atoms with Gasteiger partial charge in [-0.2, -0.15) is 10.5 Å². The Morgan fingerprint density at radius 2 is 1.70 bits per heavy atom. The van der Waals surface area contributed by atoms with Crippen molar-refractivity contribution < 1.29 is 4.79 Å². The molecule has 0 fully saturated rings. The van der Waals surface area contributed by atoms with Crippen LogP contribution in [0.3, 0.4) is 0 Å². The predicted molar refractivity (Wildman–Crippen MR) is 115 cm³/mol. The molecule has 0 unspecified atom stereocenters. The summed E-state index contributed by atoms with van der Waals surface area (Å²) in [6.07, 6.45) is 0.920. The average molecular weight is 392 g/mol. The van der Waals surface area contributed by atoms with Crippen LogP contribution in [-0.2, 0) is 19.5 Å². The van der Waals surface area contributed by atoms with E-state index in [1.807, 2.05) is 36.4 Å². The molecule has 5 nitrogen and oxygen atoms in total. The van der Waals surface area contributed by atoms with E-state index in [9.17, 15) is 4.79 Å². The summed E-state index contributed by atoms with van der Waals surface area (Å²) in [6.45, 7) is 2.52. The van der Waals surface area contributed by atoms with Crippen LogP contribution in [0.2, 0.25) is 0 Å². The van der Waals surface area contributed by atoms with Crippen molar-refractivity contribution in [2.75, 3.05) is 11.9 Å². The smallest absolute Gasteiger partial charge is 0.255 e. The Morgan fingerprint density at radius 3 is 2.47 bits per heavy atom. The zero-order valence-electron chi connectivity index (χ0n) is 16.4. The molecule has 1 aliphatic rings. The quantitative estimate of drug-likeness (QED) is 0.720. The van der Waals surface area contributed by atoms with Gasteiger partial charge in [0.15, 0.2) is 0 Å². The van der Waals surface area contributed by atoms with Crippen LogP contribution < -0.4 is 5.32 Å². The Bertz CT molecular complexity index is 1170. The first-order valence-electron chi connectivity index (χ1n) is 9.79. The SMILES string of the molecule is N#Cc1ccc(NC(=O)c2cccc(CN3CCc4cc(C#N)ccc4C3)c2)cc1. The minimum absolute atomic E-state index is 0.172. The van der Waals surface area contributed by atoms with E-state index in [1.165, 1.54) is 11.1 Å². The van der Waals surface area contributed by atoms with Crippen molar-refractivity contribution in [3.63, 3.8) is 0 Å². The number of nitriles is 2. The second-order valence-electron chi connectivity index (χ2n) is 7.40. The fourth-order valence-electron chi connectivity index (χ4n) is 3.72. The summed E-state index contributed by atoms with van der Waals surface area (Å²) < 4.78 is 0. The van der Waals surface area contributed by atoms with Crippen LogP contribution in [0.25, 0.3) is 0 Å². The third-order valence-electron chi connectivity index (χ3n) is 5.29. The lowest BCUT2D eigenvalue weighted by Crippen LogP contribution is -2.30. The summed E-state index contributed by atoms with van der Waals surface area (Å²) in [5.74, 6) is -0.172. The van der Waals surface area contributed by atoms with E-state index in [1.54, 1.807) is 30.3 Å². The lowest BCUT2D eigenvalue weighted by molar-refractivity contribution is 0.102. The molecule has 0 aromatic heterocycles. The summed E-state index contributed by atoms with van der Waals surface area (Å²) in [7, 11) is 0. The standard InChI is InChI=1S/C25H20N4O/c26-14-18-5-8-24(9-6-18)28-25(30)22-3-1-2-20(13-22)16-29-11-10-21-12-19(15-27)4-7-23(21)17-29/h1-9,12-13H,10-11,16-17H2,(H,28,30). The summed E-state index contributed by atoms with van der Waals surface area (Å²) in [6, 6.07) is 24.6. The number of hydrogen-bond acceptors (Lipinski definition) is 4. The fourth-order valence-corrected chi connectivity index (χ4v) is 3.72. The molecule has 1 heterocycles. The molecule has 0 saturated carbocycles. The average Bonchev–Trinajstić information content (AvgIpc) is 2.79. The molecule has 0 radical (unpaired) electrons. The molecule has 0 atom stereocenters. The Balaban J connectivity index is 1.42. The monoisotopic (exact) mass is 392 g/mol. The number of fused-ring (bicyclic) bond motifs is 1. The van der Waals surface area contributed by atoms with Gasteiger partial charge in [-0.15, -0.1) is 0 Å². The van der Waals surface area contributed by atoms with Crippen molar-refractivity contribution in [1.29, 1.82) is 10.5 Å². The second kappa shape index (κ2) is 8.61. The molecule has 3 aromatic rings. The number of anilines is 1. The number of carbonyl (C=O) groups excluding carboxylic acids is 1. The number of benzene rings is 3. The number of hydrogen-bond donors (Lipinski definition) is 1. The molecule has 1 aliphatic heterocycles. The van der Waals surface area contributed by atoms with E-state index < -0.39 is 0 Å². The van der Waals surface area contributed by atoms with Gasteiger partial charge in [-0.3, -0.25) is 9.69 Å². The van der Waals surface area contributed by atoms with Gasteiger partial charge in [0.05, 0.1) is 23.3 Å². The topological polar surface area (TPSA) is 79.9 Å². The third-order valence-corrected chi connectivity index (χ3v) is 5.29. The number of amides is 1. The lowest BCUT2D eigenvalue weighted by Gasteiger charge is -2.29. The molecule has 0 bridgehead atoms. The van der Waals surface area contributed by atoms with Gasteiger partial charge in [-0.05, 0) is 71.6 Å². The lowest BCUT2D eigenvalue weighted by atomic mass is 9.97. The van der Waals surface area contributed by atoms with Gasteiger partial charge in [0.25, 0.3) is 5.91 Å². The van der Waals surface area contributed by atoms with Crippen LogP contribution in [0.15, 0.2) is 66.7 Å². The molecule has 146 valence electrons. The van der Waals surface area contributed by atoms with Gasteiger partial charge in [0.1, 0.15) is 0 Å². The maximum absolute atomic E-state index is 12.6. The molecular formula is C25H20N4O. The van der Waals surface area contributed by atoms with Crippen LogP contribution in [0.4, 0.5) is 5.69 Å². The Kier molecular flexibility index (Phi) is 5.57. The first-order chi connectivity index (χ1) is 14.6. The van der Waals surface area contributed by atoms with Gasteiger partial charge in [0, 0.05) is 30.9 Å². The summed E-state index contributed by atoms with van der Waals surface area (Å²) >= 11 is 0. The van der Waals surface area contributed by atoms with E-state index in [0.29, 0.717) is 22.4 Å². The molecule has 0 aliphatic carbocycles. The summed E-state index contributed by atoms with van der Waals surface area (Å²) in [5.41, 5.74) is 6.13.